The molecule has 1 aromatic carbocycles. The van der Waals surface area contributed by atoms with Crippen molar-refractivity contribution in [2.75, 3.05) is 33.9 Å². The number of nitrogens with zero attached hydrogens (tertiary/aromatic N) is 1. The molecular formula is C17H24N2O2. The van der Waals surface area contributed by atoms with Crippen LogP contribution in [-0.2, 0) is 11.3 Å². The molecule has 1 aliphatic rings. The van der Waals surface area contributed by atoms with Crippen LogP contribution in [0.15, 0.2) is 18.2 Å². The molecule has 21 heavy (non-hydrogen) atoms. The fraction of sp³-hybridized carbons (Fsp3) is 0.529. The third-order valence-corrected chi connectivity index (χ3v) is 3.90. The summed E-state index contributed by atoms with van der Waals surface area (Å²) < 4.78 is 10.7. The van der Waals surface area contributed by atoms with Gasteiger partial charge in [0.1, 0.15) is 5.75 Å². The largest absolute Gasteiger partial charge is 0.497 e. The summed E-state index contributed by atoms with van der Waals surface area (Å²) in [4.78, 5) is 2.44. The molecule has 4 nitrogen and oxygen atoms in total. The van der Waals surface area contributed by atoms with Crippen LogP contribution in [0.2, 0.25) is 0 Å². The average molecular weight is 288 g/mol. The van der Waals surface area contributed by atoms with Crippen molar-refractivity contribution in [3.63, 3.8) is 0 Å². The lowest BCUT2D eigenvalue weighted by Crippen LogP contribution is -2.36. The lowest BCUT2D eigenvalue weighted by molar-refractivity contribution is 0.0388. The molecule has 0 atom stereocenters. The maximum atomic E-state index is 5.47. The van der Waals surface area contributed by atoms with Crippen LogP contribution in [0.25, 0.3) is 0 Å². The van der Waals surface area contributed by atoms with Crippen molar-refractivity contribution in [3.8, 4) is 17.6 Å². The van der Waals surface area contributed by atoms with E-state index in [0.29, 0.717) is 12.6 Å². The third kappa shape index (κ3) is 4.47. The maximum absolute atomic E-state index is 5.47. The molecule has 0 aliphatic carbocycles. The molecule has 114 valence electrons. The molecule has 1 heterocycles. The molecule has 4 heteroatoms. The van der Waals surface area contributed by atoms with Gasteiger partial charge in [-0.15, -0.1) is 0 Å². The average Bonchev–Trinajstić information content (AvgIpc) is 2.54. The first-order valence-corrected chi connectivity index (χ1v) is 7.37. The zero-order chi connectivity index (χ0) is 15.1. The summed E-state index contributed by atoms with van der Waals surface area (Å²) >= 11 is 0. The highest BCUT2D eigenvalue weighted by molar-refractivity contribution is 5.45. The normalized spacial score (nSPS) is 16.3. The number of methoxy groups -OCH3 is 2. The minimum atomic E-state index is 0.380. The predicted molar refractivity (Wildman–Crippen MR) is 84.2 cm³/mol. The first kappa shape index (κ1) is 15.8. The molecule has 0 spiro atoms. The van der Waals surface area contributed by atoms with Gasteiger partial charge in [-0.25, -0.2) is 0 Å². The van der Waals surface area contributed by atoms with E-state index in [1.807, 2.05) is 12.1 Å². The summed E-state index contributed by atoms with van der Waals surface area (Å²) in [7, 11) is 3.48. The van der Waals surface area contributed by atoms with Gasteiger partial charge in [0.2, 0.25) is 0 Å². The van der Waals surface area contributed by atoms with Gasteiger partial charge in [-0.3, -0.25) is 4.90 Å². The summed E-state index contributed by atoms with van der Waals surface area (Å²) in [6.07, 6.45) is 2.58. The van der Waals surface area contributed by atoms with E-state index >= 15 is 0 Å². The van der Waals surface area contributed by atoms with Crippen molar-refractivity contribution >= 4 is 0 Å². The number of ether oxygens (including phenoxy) is 2. The van der Waals surface area contributed by atoms with Gasteiger partial charge < -0.3 is 15.2 Å². The predicted octanol–water partition coefficient (Wildman–Crippen LogP) is 1.62. The molecule has 0 unspecified atom stereocenters. The number of hydrogen-bond acceptors (Lipinski definition) is 4. The Balaban J connectivity index is 2.10. The lowest BCUT2D eigenvalue weighted by atomic mass is 10.0. The van der Waals surface area contributed by atoms with Gasteiger partial charge >= 0.3 is 0 Å². The lowest BCUT2D eigenvalue weighted by Gasteiger charge is -2.31. The Morgan fingerprint density at radius 1 is 1.29 bits per heavy atom. The zero-order valence-electron chi connectivity index (χ0n) is 12.9. The van der Waals surface area contributed by atoms with Crippen LogP contribution >= 0.6 is 0 Å². The SMILES string of the molecule is COc1ccc(C#CCN)c(CN2CCC(OC)CC2)c1. The van der Waals surface area contributed by atoms with Crippen molar-refractivity contribution in [2.24, 2.45) is 5.73 Å². The van der Waals surface area contributed by atoms with E-state index in [9.17, 15) is 0 Å². The van der Waals surface area contributed by atoms with Crippen molar-refractivity contribution in [1.82, 2.24) is 4.90 Å². The van der Waals surface area contributed by atoms with Crippen molar-refractivity contribution in [1.29, 1.82) is 0 Å². The van der Waals surface area contributed by atoms with Gasteiger partial charge in [0.25, 0.3) is 0 Å². The maximum Gasteiger partial charge on any atom is 0.119 e. The minimum absolute atomic E-state index is 0.380. The van der Waals surface area contributed by atoms with E-state index in [1.54, 1.807) is 14.2 Å². The summed E-state index contributed by atoms with van der Waals surface area (Å²) in [5.74, 6) is 6.96. The van der Waals surface area contributed by atoms with Crippen LogP contribution < -0.4 is 10.5 Å². The third-order valence-electron chi connectivity index (χ3n) is 3.90. The molecule has 2 N–H and O–H groups in total. The first-order valence-electron chi connectivity index (χ1n) is 7.37. The van der Waals surface area contributed by atoms with Crippen molar-refractivity contribution in [2.45, 2.75) is 25.5 Å². The van der Waals surface area contributed by atoms with Crippen LogP contribution in [0.4, 0.5) is 0 Å². The topological polar surface area (TPSA) is 47.7 Å². The van der Waals surface area contributed by atoms with Gasteiger partial charge in [-0.05, 0) is 36.6 Å². The van der Waals surface area contributed by atoms with E-state index in [4.69, 9.17) is 15.2 Å². The molecule has 1 fully saturated rings. The fourth-order valence-electron chi connectivity index (χ4n) is 2.64. The van der Waals surface area contributed by atoms with Crippen LogP contribution in [0, 0.1) is 11.8 Å². The van der Waals surface area contributed by atoms with Crippen LogP contribution in [0.3, 0.4) is 0 Å². The molecule has 0 saturated carbocycles. The van der Waals surface area contributed by atoms with Gasteiger partial charge in [0.05, 0.1) is 19.8 Å². The molecule has 1 saturated heterocycles. The zero-order valence-corrected chi connectivity index (χ0v) is 12.9. The standard InChI is InChI=1S/C17H24N2O2/c1-20-16-7-10-19(11-8-16)13-15-12-17(21-2)6-5-14(15)4-3-9-18/h5-6,12,16H,7-11,13,18H2,1-2H3. The number of rotatable bonds is 4. The summed E-state index contributed by atoms with van der Waals surface area (Å²) in [5, 5.41) is 0. The highest BCUT2D eigenvalue weighted by Gasteiger charge is 2.19. The number of piperidine rings is 1. The summed E-state index contributed by atoms with van der Waals surface area (Å²) in [6, 6.07) is 6.03. The monoisotopic (exact) mass is 288 g/mol. The Labute approximate surface area is 127 Å². The number of likely N-dealkylation sites (tertiary alicyclic amines) is 1. The number of hydrogen-bond donors (Lipinski definition) is 1. The number of nitrogens with two attached hydrogens (primary N) is 1. The Kier molecular flexibility index (Phi) is 6.06. The summed E-state index contributed by atoms with van der Waals surface area (Å²) in [6.45, 7) is 3.38. The van der Waals surface area contributed by atoms with Crippen LogP contribution in [-0.4, -0.2) is 44.9 Å². The molecule has 0 aromatic heterocycles. The molecule has 1 aromatic rings. The van der Waals surface area contributed by atoms with Crippen LogP contribution in [0.1, 0.15) is 24.0 Å². The molecule has 0 amide bonds. The Bertz CT molecular complexity index is 511. The van der Waals surface area contributed by atoms with Gasteiger partial charge in [-0.2, -0.15) is 0 Å². The van der Waals surface area contributed by atoms with E-state index in [1.165, 1.54) is 5.56 Å². The van der Waals surface area contributed by atoms with Gasteiger partial charge in [-0.1, -0.05) is 11.8 Å². The molecule has 0 radical (unpaired) electrons. The fourth-order valence-corrected chi connectivity index (χ4v) is 2.64. The minimum Gasteiger partial charge on any atom is -0.497 e. The quantitative estimate of drug-likeness (QED) is 0.855. The molecule has 0 bridgehead atoms. The second kappa shape index (κ2) is 8.04. The highest BCUT2D eigenvalue weighted by atomic mass is 16.5. The molecular weight excluding hydrogens is 264 g/mol. The Hall–Kier alpha value is -1.54. The smallest absolute Gasteiger partial charge is 0.119 e. The van der Waals surface area contributed by atoms with Gasteiger partial charge in [0, 0.05) is 32.3 Å². The Morgan fingerprint density at radius 3 is 2.67 bits per heavy atom. The first-order chi connectivity index (χ1) is 10.3. The van der Waals surface area contributed by atoms with Crippen molar-refractivity contribution in [3.05, 3.63) is 29.3 Å². The second-order valence-corrected chi connectivity index (χ2v) is 5.24. The van der Waals surface area contributed by atoms with E-state index in [2.05, 4.69) is 22.8 Å². The van der Waals surface area contributed by atoms with E-state index < -0.39 is 0 Å². The second-order valence-electron chi connectivity index (χ2n) is 5.24. The Morgan fingerprint density at radius 2 is 2.05 bits per heavy atom. The molecule has 1 aliphatic heterocycles. The van der Waals surface area contributed by atoms with Gasteiger partial charge in [0.15, 0.2) is 0 Å². The number of benzene rings is 1. The van der Waals surface area contributed by atoms with E-state index in [-0.39, 0.29) is 0 Å². The summed E-state index contributed by atoms with van der Waals surface area (Å²) in [5.41, 5.74) is 7.71. The molecule has 2 rings (SSSR count). The van der Waals surface area contributed by atoms with Crippen molar-refractivity contribution < 1.29 is 9.47 Å². The van der Waals surface area contributed by atoms with E-state index in [0.717, 1.165) is 43.8 Å². The highest BCUT2D eigenvalue weighted by Crippen LogP contribution is 2.21. The van der Waals surface area contributed by atoms with Crippen LogP contribution in [0.5, 0.6) is 5.75 Å².